The molecule has 0 spiro atoms. The van der Waals surface area contributed by atoms with Gasteiger partial charge in [-0.05, 0) is 30.5 Å². The first-order valence-electron chi connectivity index (χ1n) is 8.09. The minimum atomic E-state index is -3.16. The highest BCUT2D eigenvalue weighted by Crippen LogP contribution is 2.26. The van der Waals surface area contributed by atoms with Crippen LogP contribution in [0.5, 0.6) is 0 Å². The molecule has 1 aromatic carbocycles. The van der Waals surface area contributed by atoms with Crippen LogP contribution in [-0.2, 0) is 23.6 Å². The summed E-state index contributed by atoms with van der Waals surface area (Å²) in [6.07, 6.45) is 2.56. The molecule has 0 aliphatic carbocycles. The van der Waals surface area contributed by atoms with Crippen molar-refractivity contribution in [3.63, 3.8) is 0 Å². The SMILES string of the molecule is Cn1c(C2CCN(S(C)(=O)=O)CC2)nn(Cc2ccc(Cl)cc2)c1=O. The van der Waals surface area contributed by atoms with Crippen LogP contribution in [0.2, 0.25) is 5.02 Å². The lowest BCUT2D eigenvalue weighted by atomic mass is 9.97. The van der Waals surface area contributed by atoms with Crippen molar-refractivity contribution in [2.75, 3.05) is 19.3 Å². The van der Waals surface area contributed by atoms with E-state index in [1.807, 2.05) is 12.1 Å². The van der Waals surface area contributed by atoms with Gasteiger partial charge >= 0.3 is 5.69 Å². The van der Waals surface area contributed by atoms with Crippen molar-refractivity contribution in [3.05, 3.63) is 51.2 Å². The number of piperidine rings is 1. The van der Waals surface area contributed by atoms with Crippen LogP contribution >= 0.6 is 11.6 Å². The lowest BCUT2D eigenvalue weighted by Crippen LogP contribution is -2.37. The van der Waals surface area contributed by atoms with Gasteiger partial charge in [0.25, 0.3) is 0 Å². The number of nitrogens with zero attached hydrogens (tertiary/aromatic N) is 4. The van der Waals surface area contributed by atoms with Gasteiger partial charge in [-0.1, -0.05) is 23.7 Å². The monoisotopic (exact) mass is 384 g/mol. The summed E-state index contributed by atoms with van der Waals surface area (Å²) < 4.78 is 27.7. The Kier molecular flexibility index (Phi) is 5.04. The number of halogens is 1. The Hall–Kier alpha value is -1.64. The van der Waals surface area contributed by atoms with Gasteiger partial charge in [0.15, 0.2) is 0 Å². The maximum absolute atomic E-state index is 12.5. The zero-order valence-corrected chi connectivity index (χ0v) is 15.8. The first kappa shape index (κ1) is 18.2. The summed E-state index contributed by atoms with van der Waals surface area (Å²) in [5, 5.41) is 5.15. The van der Waals surface area contributed by atoms with Crippen molar-refractivity contribution >= 4 is 21.6 Å². The van der Waals surface area contributed by atoms with Crippen LogP contribution in [0, 0.1) is 0 Å². The second kappa shape index (κ2) is 6.93. The van der Waals surface area contributed by atoms with Gasteiger partial charge in [-0.3, -0.25) is 4.57 Å². The van der Waals surface area contributed by atoms with E-state index in [4.69, 9.17) is 11.6 Å². The standard InChI is InChI=1S/C16H21ClN4O3S/c1-19-15(13-7-9-20(10-8-13)25(2,23)24)18-21(16(19)22)11-12-3-5-14(17)6-4-12/h3-6,13H,7-11H2,1-2H3. The molecule has 136 valence electrons. The summed E-state index contributed by atoms with van der Waals surface area (Å²) in [4.78, 5) is 12.5. The molecule has 0 bridgehead atoms. The molecule has 1 saturated heterocycles. The fourth-order valence-electron chi connectivity index (χ4n) is 3.17. The zero-order valence-electron chi connectivity index (χ0n) is 14.2. The van der Waals surface area contributed by atoms with Gasteiger partial charge in [-0.25, -0.2) is 22.2 Å². The molecule has 3 rings (SSSR count). The van der Waals surface area contributed by atoms with Gasteiger partial charge in [0.1, 0.15) is 5.82 Å². The second-order valence-electron chi connectivity index (χ2n) is 6.42. The number of hydrogen-bond acceptors (Lipinski definition) is 4. The molecule has 1 aromatic heterocycles. The average Bonchev–Trinajstić information content (AvgIpc) is 2.85. The topological polar surface area (TPSA) is 77.2 Å². The Balaban J connectivity index is 1.78. The van der Waals surface area contributed by atoms with Crippen LogP contribution in [0.15, 0.2) is 29.1 Å². The van der Waals surface area contributed by atoms with Crippen LogP contribution in [0.25, 0.3) is 0 Å². The molecule has 1 aliphatic heterocycles. The molecule has 0 atom stereocenters. The van der Waals surface area contributed by atoms with Gasteiger partial charge in [0, 0.05) is 31.1 Å². The van der Waals surface area contributed by atoms with E-state index in [1.165, 1.54) is 15.2 Å². The molecule has 0 radical (unpaired) electrons. The van der Waals surface area contributed by atoms with Crippen LogP contribution in [0.3, 0.4) is 0 Å². The maximum atomic E-state index is 12.5. The van der Waals surface area contributed by atoms with Crippen molar-refractivity contribution in [2.45, 2.75) is 25.3 Å². The van der Waals surface area contributed by atoms with Gasteiger partial charge in [0.05, 0.1) is 12.8 Å². The highest BCUT2D eigenvalue weighted by Gasteiger charge is 2.29. The van der Waals surface area contributed by atoms with Crippen molar-refractivity contribution in [2.24, 2.45) is 7.05 Å². The highest BCUT2D eigenvalue weighted by atomic mass is 35.5. The van der Waals surface area contributed by atoms with Crippen molar-refractivity contribution in [1.29, 1.82) is 0 Å². The summed E-state index contributed by atoms with van der Waals surface area (Å²) in [5.74, 6) is 0.800. The molecule has 2 aromatic rings. The molecule has 0 amide bonds. The van der Waals surface area contributed by atoms with Crippen LogP contribution in [0.4, 0.5) is 0 Å². The summed E-state index contributed by atoms with van der Waals surface area (Å²) in [7, 11) is -1.45. The summed E-state index contributed by atoms with van der Waals surface area (Å²) >= 11 is 5.89. The van der Waals surface area contributed by atoms with Crippen LogP contribution in [0.1, 0.15) is 30.1 Å². The number of sulfonamides is 1. The van der Waals surface area contributed by atoms with Crippen LogP contribution in [-0.4, -0.2) is 46.4 Å². The summed E-state index contributed by atoms with van der Waals surface area (Å²) in [6, 6.07) is 7.31. The molecule has 7 nitrogen and oxygen atoms in total. The normalized spacial score (nSPS) is 17.1. The highest BCUT2D eigenvalue weighted by molar-refractivity contribution is 7.88. The van der Waals surface area contributed by atoms with Crippen molar-refractivity contribution in [1.82, 2.24) is 18.7 Å². The molecule has 1 fully saturated rings. The first-order chi connectivity index (χ1) is 11.8. The zero-order chi connectivity index (χ0) is 18.2. The Labute approximate surface area is 151 Å². The predicted molar refractivity (Wildman–Crippen MR) is 96.4 cm³/mol. The third-order valence-corrected chi connectivity index (χ3v) is 6.16. The molecular weight excluding hydrogens is 364 g/mol. The first-order valence-corrected chi connectivity index (χ1v) is 10.3. The van der Waals surface area contributed by atoms with E-state index in [9.17, 15) is 13.2 Å². The molecule has 9 heteroatoms. The number of benzene rings is 1. The molecule has 25 heavy (non-hydrogen) atoms. The Bertz CT molecular complexity index is 910. The van der Waals surface area contributed by atoms with Crippen molar-refractivity contribution in [3.8, 4) is 0 Å². The van der Waals surface area contributed by atoms with E-state index >= 15 is 0 Å². The van der Waals surface area contributed by atoms with E-state index in [0.717, 1.165) is 5.56 Å². The largest absolute Gasteiger partial charge is 0.345 e. The number of aromatic nitrogens is 3. The minimum absolute atomic E-state index is 0.0853. The molecule has 1 aliphatic rings. The quantitative estimate of drug-likeness (QED) is 0.798. The number of hydrogen-bond donors (Lipinski definition) is 0. The third kappa shape index (κ3) is 3.96. The Morgan fingerprint density at radius 3 is 2.36 bits per heavy atom. The summed E-state index contributed by atoms with van der Waals surface area (Å²) in [6.45, 7) is 1.30. The lowest BCUT2D eigenvalue weighted by Gasteiger charge is -2.29. The molecule has 0 unspecified atom stereocenters. The number of rotatable bonds is 4. The smallest absolute Gasteiger partial charge is 0.282 e. The second-order valence-corrected chi connectivity index (χ2v) is 8.84. The van der Waals surface area contributed by atoms with E-state index < -0.39 is 10.0 Å². The molecular formula is C16H21ClN4O3S. The molecule has 2 heterocycles. The predicted octanol–water partition coefficient (Wildman–Crippen LogP) is 1.42. The average molecular weight is 385 g/mol. The minimum Gasteiger partial charge on any atom is -0.282 e. The van der Waals surface area contributed by atoms with Gasteiger partial charge < -0.3 is 0 Å². The van der Waals surface area contributed by atoms with E-state index in [2.05, 4.69) is 5.10 Å². The fourth-order valence-corrected chi connectivity index (χ4v) is 4.17. The Morgan fingerprint density at radius 2 is 1.80 bits per heavy atom. The third-order valence-electron chi connectivity index (χ3n) is 4.61. The molecule has 0 saturated carbocycles. The fraction of sp³-hybridized carbons (Fsp3) is 0.500. The van der Waals surface area contributed by atoms with Gasteiger partial charge in [-0.15, -0.1) is 0 Å². The van der Waals surface area contributed by atoms with Gasteiger partial charge in [0.2, 0.25) is 10.0 Å². The Morgan fingerprint density at radius 1 is 1.20 bits per heavy atom. The summed E-state index contributed by atoms with van der Waals surface area (Å²) in [5.41, 5.74) is 0.776. The van der Waals surface area contributed by atoms with E-state index in [1.54, 1.807) is 23.7 Å². The van der Waals surface area contributed by atoms with Gasteiger partial charge in [-0.2, -0.15) is 5.10 Å². The lowest BCUT2D eigenvalue weighted by molar-refractivity contribution is 0.311. The molecule has 0 N–H and O–H groups in total. The van der Waals surface area contributed by atoms with E-state index in [-0.39, 0.29) is 11.6 Å². The van der Waals surface area contributed by atoms with Crippen molar-refractivity contribution < 1.29 is 8.42 Å². The maximum Gasteiger partial charge on any atom is 0.345 e. The van der Waals surface area contributed by atoms with Crippen LogP contribution < -0.4 is 5.69 Å². The van der Waals surface area contributed by atoms with E-state index in [0.29, 0.717) is 43.3 Å².